The van der Waals surface area contributed by atoms with Crippen LogP contribution in [0.4, 0.5) is 5.69 Å². The standard InChI is InChI=1S/C25H21N5O/c1-17-10-13-23(18(2)15-17)30-28-19(3)24(29-30)25(31)27-22-9-6-7-20(16-22)11-12-21-8-4-5-14-26-21/h4-10,13-16H,1-3H3,(H,27,31). The summed E-state index contributed by atoms with van der Waals surface area (Å²) in [5, 5.41) is 11.7. The maximum Gasteiger partial charge on any atom is 0.278 e. The summed E-state index contributed by atoms with van der Waals surface area (Å²) in [7, 11) is 0. The monoisotopic (exact) mass is 407 g/mol. The number of nitrogens with zero attached hydrogens (tertiary/aromatic N) is 4. The molecule has 0 fully saturated rings. The van der Waals surface area contributed by atoms with Crippen molar-refractivity contribution in [2.45, 2.75) is 20.8 Å². The van der Waals surface area contributed by atoms with Gasteiger partial charge in [0.15, 0.2) is 5.69 Å². The number of pyridine rings is 1. The average molecular weight is 407 g/mol. The molecule has 2 aromatic carbocycles. The van der Waals surface area contributed by atoms with E-state index in [0.717, 1.165) is 22.4 Å². The molecule has 1 N–H and O–H groups in total. The lowest BCUT2D eigenvalue weighted by molar-refractivity contribution is 0.102. The van der Waals surface area contributed by atoms with Gasteiger partial charge in [-0.15, -0.1) is 5.10 Å². The molecule has 2 heterocycles. The van der Waals surface area contributed by atoms with Crippen molar-refractivity contribution in [3.63, 3.8) is 0 Å². The van der Waals surface area contributed by atoms with Gasteiger partial charge in [0, 0.05) is 17.4 Å². The Hall–Kier alpha value is -4.24. The molecule has 0 aliphatic rings. The van der Waals surface area contributed by atoms with Gasteiger partial charge in [0.25, 0.3) is 5.91 Å². The Balaban J connectivity index is 1.54. The van der Waals surface area contributed by atoms with Crippen LogP contribution in [0.15, 0.2) is 66.9 Å². The molecule has 152 valence electrons. The van der Waals surface area contributed by atoms with Crippen molar-refractivity contribution in [2.75, 3.05) is 5.32 Å². The molecule has 0 spiro atoms. The van der Waals surface area contributed by atoms with Gasteiger partial charge >= 0.3 is 0 Å². The summed E-state index contributed by atoms with van der Waals surface area (Å²) in [6, 6.07) is 19.0. The molecule has 0 saturated heterocycles. The maximum atomic E-state index is 12.8. The molecule has 0 atom stereocenters. The Labute approximate surface area is 181 Å². The van der Waals surface area contributed by atoms with E-state index in [4.69, 9.17) is 0 Å². The number of nitrogens with one attached hydrogen (secondary N) is 1. The Kier molecular flexibility index (Phi) is 5.59. The van der Waals surface area contributed by atoms with Gasteiger partial charge in [0.05, 0.1) is 11.4 Å². The van der Waals surface area contributed by atoms with Crippen LogP contribution >= 0.6 is 0 Å². The molecule has 0 bridgehead atoms. The second kappa shape index (κ2) is 8.64. The number of hydrogen-bond donors (Lipinski definition) is 1. The fourth-order valence-electron chi connectivity index (χ4n) is 3.16. The summed E-state index contributed by atoms with van der Waals surface area (Å²) in [6.45, 7) is 5.81. The van der Waals surface area contributed by atoms with Crippen molar-refractivity contribution in [3.05, 3.63) is 101 Å². The van der Waals surface area contributed by atoms with Crippen LogP contribution in [0.3, 0.4) is 0 Å². The van der Waals surface area contributed by atoms with Crippen LogP contribution in [0, 0.1) is 32.6 Å². The van der Waals surface area contributed by atoms with Crippen LogP contribution < -0.4 is 5.32 Å². The summed E-state index contributed by atoms with van der Waals surface area (Å²) >= 11 is 0. The van der Waals surface area contributed by atoms with Gasteiger partial charge in [-0.3, -0.25) is 4.79 Å². The summed E-state index contributed by atoms with van der Waals surface area (Å²) in [5.41, 5.74) is 6.00. The van der Waals surface area contributed by atoms with Crippen molar-refractivity contribution in [2.24, 2.45) is 0 Å². The molecule has 4 aromatic rings. The number of aryl methyl sites for hydroxylation is 3. The van der Waals surface area contributed by atoms with Crippen LogP contribution in [0.1, 0.15) is 38.6 Å². The number of carbonyl (C=O) groups excluding carboxylic acids is 1. The third kappa shape index (κ3) is 4.68. The quantitative estimate of drug-likeness (QED) is 0.516. The highest BCUT2D eigenvalue weighted by molar-refractivity contribution is 6.03. The van der Waals surface area contributed by atoms with E-state index in [1.165, 1.54) is 4.80 Å². The Bertz CT molecular complexity index is 1310. The van der Waals surface area contributed by atoms with Crippen LogP contribution in [0.5, 0.6) is 0 Å². The number of carbonyl (C=O) groups is 1. The molecule has 31 heavy (non-hydrogen) atoms. The average Bonchev–Trinajstić information content (AvgIpc) is 3.15. The minimum atomic E-state index is -0.316. The molecule has 0 aliphatic heterocycles. The zero-order valence-electron chi connectivity index (χ0n) is 17.5. The highest BCUT2D eigenvalue weighted by Crippen LogP contribution is 2.17. The van der Waals surface area contributed by atoms with Crippen LogP contribution in [0.25, 0.3) is 5.69 Å². The van der Waals surface area contributed by atoms with Crippen molar-refractivity contribution in [1.82, 2.24) is 20.0 Å². The number of hydrogen-bond acceptors (Lipinski definition) is 4. The molecule has 6 heteroatoms. The lowest BCUT2D eigenvalue weighted by atomic mass is 10.1. The largest absolute Gasteiger partial charge is 0.320 e. The van der Waals surface area contributed by atoms with Gasteiger partial charge in [-0.2, -0.15) is 9.90 Å². The van der Waals surface area contributed by atoms with Gasteiger partial charge in [-0.05, 0) is 68.7 Å². The number of benzene rings is 2. The first kappa shape index (κ1) is 20.0. The molecule has 4 rings (SSSR count). The number of anilines is 1. The molecule has 0 radical (unpaired) electrons. The van der Waals surface area contributed by atoms with Crippen molar-refractivity contribution in [3.8, 4) is 17.5 Å². The normalized spacial score (nSPS) is 10.3. The summed E-state index contributed by atoms with van der Waals surface area (Å²) in [4.78, 5) is 18.5. The van der Waals surface area contributed by atoms with Crippen LogP contribution in [0.2, 0.25) is 0 Å². The summed E-state index contributed by atoms with van der Waals surface area (Å²) < 4.78 is 0. The lowest BCUT2D eigenvalue weighted by Gasteiger charge is -2.05. The Morgan fingerprint density at radius 1 is 0.935 bits per heavy atom. The van der Waals surface area contributed by atoms with E-state index in [0.29, 0.717) is 17.1 Å². The van der Waals surface area contributed by atoms with Crippen molar-refractivity contribution < 1.29 is 4.79 Å². The van der Waals surface area contributed by atoms with Gasteiger partial charge < -0.3 is 5.32 Å². The van der Waals surface area contributed by atoms with E-state index in [1.54, 1.807) is 13.1 Å². The van der Waals surface area contributed by atoms with Gasteiger partial charge in [-0.25, -0.2) is 4.98 Å². The maximum absolute atomic E-state index is 12.8. The molecule has 0 saturated carbocycles. The molecule has 2 aromatic heterocycles. The fourth-order valence-corrected chi connectivity index (χ4v) is 3.16. The van der Waals surface area contributed by atoms with Gasteiger partial charge in [0.1, 0.15) is 5.69 Å². The minimum Gasteiger partial charge on any atom is -0.320 e. The number of rotatable bonds is 3. The van der Waals surface area contributed by atoms with E-state index in [2.05, 4.69) is 38.4 Å². The first-order valence-electron chi connectivity index (χ1n) is 9.85. The van der Waals surface area contributed by atoms with Crippen LogP contribution in [-0.2, 0) is 0 Å². The molecule has 6 nitrogen and oxygen atoms in total. The van der Waals surface area contributed by atoms with E-state index in [9.17, 15) is 4.79 Å². The highest BCUT2D eigenvalue weighted by atomic mass is 16.2. The highest BCUT2D eigenvalue weighted by Gasteiger charge is 2.17. The molecular weight excluding hydrogens is 386 g/mol. The van der Waals surface area contributed by atoms with Gasteiger partial charge in [0.2, 0.25) is 0 Å². The smallest absolute Gasteiger partial charge is 0.278 e. The zero-order valence-corrected chi connectivity index (χ0v) is 17.5. The van der Waals surface area contributed by atoms with E-state index < -0.39 is 0 Å². The van der Waals surface area contributed by atoms with Gasteiger partial charge in [-0.1, -0.05) is 35.7 Å². The van der Waals surface area contributed by atoms with E-state index >= 15 is 0 Å². The van der Waals surface area contributed by atoms with Crippen LogP contribution in [-0.4, -0.2) is 25.9 Å². The van der Waals surface area contributed by atoms with Crippen molar-refractivity contribution in [1.29, 1.82) is 0 Å². The first-order chi connectivity index (χ1) is 15.0. The Morgan fingerprint density at radius 3 is 2.58 bits per heavy atom. The van der Waals surface area contributed by atoms with Crippen molar-refractivity contribution >= 4 is 11.6 Å². The molecule has 1 amide bonds. The minimum absolute atomic E-state index is 0.282. The predicted octanol–water partition coefficient (Wildman–Crippen LogP) is 4.24. The second-order valence-corrected chi connectivity index (χ2v) is 7.21. The summed E-state index contributed by atoms with van der Waals surface area (Å²) in [6.07, 6.45) is 1.70. The summed E-state index contributed by atoms with van der Waals surface area (Å²) in [5.74, 6) is 5.76. The van der Waals surface area contributed by atoms with E-state index in [-0.39, 0.29) is 11.6 Å². The molecule has 0 unspecified atom stereocenters. The SMILES string of the molecule is Cc1ccc(-n2nc(C)c(C(=O)Nc3cccc(C#Cc4ccccn4)c3)n2)c(C)c1. The number of aromatic nitrogens is 4. The molecular formula is C25H21N5O. The Morgan fingerprint density at radius 2 is 1.81 bits per heavy atom. The zero-order chi connectivity index (χ0) is 21.8. The second-order valence-electron chi connectivity index (χ2n) is 7.21. The topological polar surface area (TPSA) is 72.7 Å². The first-order valence-corrected chi connectivity index (χ1v) is 9.85. The predicted molar refractivity (Wildman–Crippen MR) is 120 cm³/mol. The number of amides is 1. The molecule has 0 aliphatic carbocycles. The third-order valence-corrected chi connectivity index (χ3v) is 4.69. The fraction of sp³-hybridized carbons (Fsp3) is 0.120. The van der Waals surface area contributed by atoms with E-state index in [1.807, 2.05) is 68.4 Å². The third-order valence-electron chi connectivity index (χ3n) is 4.69. The lowest BCUT2D eigenvalue weighted by Crippen LogP contribution is -2.14.